The molecule has 3 rings (SSSR count). The van der Waals surface area contributed by atoms with Crippen molar-refractivity contribution in [3.8, 4) is 0 Å². The standard InChI is InChI=1S/C19H34/c1-8-10-17(7)13(3)11-18(9-2)12-15-14(4)16(5,6)19(15,17)18/h13-15H,8-12H2,1-7H3. The van der Waals surface area contributed by atoms with Crippen molar-refractivity contribution in [3.63, 3.8) is 0 Å². The van der Waals surface area contributed by atoms with Gasteiger partial charge in [0.2, 0.25) is 0 Å². The van der Waals surface area contributed by atoms with Crippen molar-refractivity contribution in [2.24, 2.45) is 39.4 Å². The van der Waals surface area contributed by atoms with Gasteiger partial charge in [-0.05, 0) is 65.1 Å². The normalized spacial score (nSPS) is 57.9. The van der Waals surface area contributed by atoms with Gasteiger partial charge in [0.05, 0.1) is 0 Å². The fourth-order valence-electron chi connectivity index (χ4n) is 8.22. The summed E-state index contributed by atoms with van der Waals surface area (Å²) in [7, 11) is 0. The minimum atomic E-state index is 0.556. The fraction of sp³-hybridized carbons (Fsp3) is 1.00. The lowest BCUT2D eigenvalue weighted by Crippen LogP contribution is -2.79. The summed E-state index contributed by atoms with van der Waals surface area (Å²) >= 11 is 0. The molecule has 0 aromatic heterocycles. The van der Waals surface area contributed by atoms with Gasteiger partial charge in [-0.1, -0.05) is 54.9 Å². The van der Waals surface area contributed by atoms with Crippen molar-refractivity contribution >= 4 is 0 Å². The number of hydrogen-bond acceptors (Lipinski definition) is 0. The molecule has 1 spiro atoms. The molecule has 0 saturated heterocycles. The molecule has 0 aromatic carbocycles. The third kappa shape index (κ3) is 1.06. The molecule has 3 saturated carbocycles. The van der Waals surface area contributed by atoms with Crippen LogP contribution >= 0.6 is 0 Å². The molecule has 19 heavy (non-hydrogen) atoms. The Morgan fingerprint density at radius 1 is 1.00 bits per heavy atom. The second kappa shape index (κ2) is 3.60. The minimum absolute atomic E-state index is 0.556. The average molecular weight is 262 g/mol. The van der Waals surface area contributed by atoms with Gasteiger partial charge in [0.25, 0.3) is 0 Å². The molecule has 3 aliphatic rings. The van der Waals surface area contributed by atoms with Crippen LogP contribution in [0, 0.1) is 39.4 Å². The van der Waals surface area contributed by atoms with E-state index < -0.39 is 0 Å². The van der Waals surface area contributed by atoms with E-state index in [0.717, 1.165) is 17.8 Å². The molecule has 0 aromatic rings. The summed E-state index contributed by atoms with van der Waals surface area (Å²) in [6, 6.07) is 0. The average Bonchev–Trinajstić information content (AvgIpc) is 2.47. The maximum absolute atomic E-state index is 2.67. The molecule has 0 heteroatoms. The van der Waals surface area contributed by atoms with E-state index in [1.165, 1.54) is 32.1 Å². The Bertz CT molecular complexity index is 395. The lowest BCUT2D eigenvalue weighted by molar-refractivity contribution is -0.368. The van der Waals surface area contributed by atoms with Crippen LogP contribution in [0.15, 0.2) is 0 Å². The van der Waals surface area contributed by atoms with E-state index in [0.29, 0.717) is 21.7 Å². The smallest absolute Gasteiger partial charge is 0.00994 e. The summed E-state index contributed by atoms with van der Waals surface area (Å²) in [6.45, 7) is 17.8. The Labute approximate surface area is 120 Å². The number of rotatable bonds is 3. The lowest BCUT2D eigenvalue weighted by Gasteiger charge is -2.84. The highest BCUT2D eigenvalue weighted by atomic mass is 14.9. The van der Waals surface area contributed by atoms with Crippen LogP contribution in [0.1, 0.15) is 80.6 Å². The molecule has 3 aliphatic carbocycles. The summed E-state index contributed by atoms with van der Waals surface area (Å²) in [5, 5.41) is 0. The highest BCUT2D eigenvalue weighted by Gasteiger charge is 2.87. The summed E-state index contributed by atoms with van der Waals surface area (Å²) < 4.78 is 0. The summed E-state index contributed by atoms with van der Waals surface area (Å²) in [6.07, 6.45) is 7.27. The maximum Gasteiger partial charge on any atom is -0.00994 e. The second-order valence-electron chi connectivity index (χ2n) is 9.04. The van der Waals surface area contributed by atoms with Gasteiger partial charge in [-0.15, -0.1) is 0 Å². The van der Waals surface area contributed by atoms with Crippen LogP contribution in [-0.2, 0) is 0 Å². The predicted molar refractivity (Wildman–Crippen MR) is 83.0 cm³/mol. The van der Waals surface area contributed by atoms with Gasteiger partial charge < -0.3 is 0 Å². The predicted octanol–water partition coefficient (Wildman–Crippen LogP) is 5.91. The molecule has 3 fully saturated rings. The van der Waals surface area contributed by atoms with Gasteiger partial charge in [-0.3, -0.25) is 0 Å². The molecular formula is C19H34. The van der Waals surface area contributed by atoms with E-state index in [1.54, 1.807) is 0 Å². The molecule has 6 atom stereocenters. The van der Waals surface area contributed by atoms with Crippen LogP contribution in [0.25, 0.3) is 0 Å². The largest absolute Gasteiger partial charge is 0.0654 e. The Morgan fingerprint density at radius 3 is 2.11 bits per heavy atom. The van der Waals surface area contributed by atoms with Crippen LogP contribution in [0.3, 0.4) is 0 Å². The van der Waals surface area contributed by atoms with Crippen molar-refractivity contribution in [3.05, 3.63) is 0 Å². The van der Waals surface area contributed by atoms with Gasteiger partial charge in [0.15, 0.2) is 0 Å². The van der Waals surface area contributed by atoms with E-state index in [2.05, 4.69) is 48.5 Å². The van der Waals surface area contributed by atoms with Crippen LogP contribution in [0.4, 0.5) is 0 Å². The molecule has 0 radical (unpaired) electrons. The van der Waals surface area contributed by atoms with Crippen molar-refractivity contribution in [2.45, 2.75) is 80.6 Å². The van der Waals surface area contributed by atoms with Crippen LogP contribution in [-0.4, -0.2) is 0 Å². The highest BCUT2D eigenvalue weighted by molar-refractivity contribution is 5.34. The van der Waals surface area contributed by atoms with Crippen molar-refractivity contribution < 1.29 is 0 Å². The molecule has 0 nitrogen and oxygen atoms in total. The van der Waals surface area contributed by atoms with E-state index in [4.69, 9.17) is 0 Å². The van der Waals surface area contributed by atoms with Crippen LogP contribution < -0.4 is 0 Å². The number of hydrogen-bond donors (Lipinski definition) is 0. The Hall–Kier alpha value is 0. The molecule has 110 valence electrons. The van der Waals surface area contributed by atoms with Gasteiger partial charge in [0.1, 0.15) is 0 Å². The zero-order chi connectivity index (χ0) is 14.3. The first-order valence-electron chi connectivity index (χ1n) is 8.75. The molecule has 6 unspecified atom stereocenters. The van der Waals surface area contributed by atoms with E-state index >= 15 is 0 Å². The summed E-state index contributed by atoms with van der Waals surface area (Å²) in [5.41, 5.74) is 2.50. The Balaban J connectivity index is 2.14. The molecule has 0 aliphatic heterocycles. The zero-order valence-electron chi connectivity index (χ0n) is 14.3. The molecular weight excluding hydrogens is 228 g/mol. The van der Waals surface area contributed by atoms with Crippen LogP contribution in [0.5, 0.6) is 0 Å². The van der Waals surface area contributed by atoms with Gasteiger partial charge >= 0.3 is 0 Å². The van der Waals surface area contributed by atoms with Gasteiger partial charge in [-0.25, -0.2) is 0 Å². The summed E-state index contributed by atoms with van der Waals surface area (Å²) in [4.78, 5) is 0. The lowest BCUT2D eigenvalue weighted by atomic mass is 9.20. The molecule has 0 heterocycles. The van der Waals surface area contributed by atoms with E-state index in [1.807, 2.05) is 0 Å². The van der Waals surface area contributed by atoms with Crippen molar-refractivity contribution in [1.82, 2.24) is 0 Å². The first-order chi connectivity index (χ1) is 8.75. The van der Waals surface area contributed by atoms with E-state index in [-0.39, 0.29) is 0 Å². The topological polar surface area (TPSA) is 0 Å². The zero-order valence-corrected chi connectivity index (χ0v) is 14.3. The first kappa shape index (κ1) is 14.0. The maximum atomic E-state index is 2.67. The minimum Gasteiger partial charge on any atom is -0.0654 e. The first-order valence-corrected chi connectivity index (χ1v) is 8.75. The Morgan fingerprint density at radius 2 is 1.63 bits per heavy atom. The monoisotopic (exact) mass is 262 g/mol. The van der Waals surface area contributed by atoms with Crippen molar-refractivity contribution in [1.29, 1.82) is 0 Å². The van der Waals surface area contributed by atoms with Gasteiger partial charge in [0, 0.05) is 0 Å². The third-order valence-electron chi connectivity index (χ3n) is 8.89. The quantitative estimate of drug-likeness (QED) is 0.593. The molecule has 0 bridgehead atoms. The van der Waals surface area contributed by atoms with E-state index in [9.17, 15) is 0 Å². The van der Waals surface area contributed by atoms with Crippen LogP contribution in [0.2, 0.25) is 0 Å². The van der Waals surface area contributed by atoms with Gasteiger partial charge in [-0.2, -0.15) is 0 Å². The fourth-order valence-corrected chi connectivity index (χ4v) is 8.22. The van der Waals surface area contributed by atoms with Crippen molar-refractivity contribution in [2.75, 3.05) is 0 Å². The summed E-state index contributed by atoms with van der Waals surface area (Å²) in [5.74, 6) is 2.89. The molecule has 0 amide bonds. The highest BCUT2D eigenvalue weighted by Crippen LogP contribution is 2.92. The Kier molecular flexibility index (Phi) is 2.65. The SMILES string of the molecule is CCCC1(C)C(C)CC2(CC)CC3C(C)C(C)(C)C321. The second-order valence-corrected chi connectivity index (χ2v) is 9.04. The third-order valence-corrected chi connectivity index (χ3v) is 8.89. The molecule has 0 N–H and O–H groups in total.